The monoisotopic (exact) mass is 196 g/mol. The van der Waals surface area contributed by atoms with E-state index in [4.69, 9.17) is 4.74 Å². The number of nitrogens with zero attached hydrogens (tertiary/aromatic N) is 3. The molecule has 1 fully saturated rings. The average Bonchev–Trinajstić information content (AvgIpc) is 2.50. The fourth-order valence-corrected chi connectivity index (χ4v) is 1.65. The molecule has 5 heteroatoms. The molecule has 1 saturated heterocycles. The second-order valence-corrected chi connectivity index (χ2v) is 4.26. The Morgan fingerprint density at radius 3 is 3.00 bits per heavy atom. The number of rotatable bonds is 1. The summed E-state index contributed by atoms with van der Waals surface area (Å²) < 4.78 is 5.89. The van der Waals surface area contributed by atoms with Crippen molar-refractivity contribution in [2.45, 2.75) is 25.6 Å². The SMILES string of the molecule is Cn1ncc(C2CNCC(C)(C)O2)n1. The molecular formula is C9H16N4O. The van der Waals surface area contributed by atoms with E-state index >= 15 is 0 Å². The van der Waals surface area contributed by atoms with Gasteiger partial charge in [-0.25, -0.2) is 0 Å². The molecule has 1 aliphatic rings. The van der Waals surface area contributed by atoms with Gasteiger partial charge in [-0.05, 0) is 13.8 Å². The number of hydrogen-bond donors (Lipinski definition) is 1. The minimum Gasteiger partial charge on any atom is -0.363 e. The molecule has 2 heterocycles. The first-order valence-corrected chi connectivity index (χ1v) is 4.82. The molecule has 2 rings (SSSR count). The van der Waals surface area contributed by atoms with Gasteiger partial charge in [-0.15, -0.1) is 0 Å². The van der Waals surface area contributed by atoms with Crippen molar-refractivity contribution in [2.24, 2.45) is 7.05 Å². The second kappa shape index (κ2) is 3.33. The summed E-state index contributed by atoms with van der Waals surface area (Å²) in [6.45, 7) is 5.83. The van der Waals surface area contributed by atoms with E-state index in [1.54, 1.807) is 11.0 Å². The van der Waals surface area contributed by atoms with Crippen molar-refractivity contribution in [2.75, 3.05) is 13.1 Å². The van der Waals surface area contributed by atoms with Crippen molar-refractivity contribution in [1.82, 2.24) is 20.3 Å². The number of nitrogens with one attached hydrogen (secondary N) is 1. The highest BCUT2D eigenvalue weighted by molar-refractivity contribution is 5.01. The maximum atomic E-state index is 5.89. The molecule has 1 aliphatic heterocycles. The first kappa shape index (κ1) is 9.61. The van der Waals surface area contributed by atoms with Crippen LogP contribution in [0.15, 0.2) is 6.20 Å². The standard InChI is InChI=1S/C9H16N4O/c1-9(2)6-10-5-8(14-9)7-4-11-13(3)12-7/h4,8,10H,5-6H2,1-3H3. The second-order valence-electron chi connectivity index (χ2n) is 4.26. The fraction of sp³-hybridized carbons (Fsp3) is 0.778. The van der Waals surface area contributed by atoms with E-state index in [-0.39, 0.29) is 11.7 Å². The summed E-state index contributed by atoms with van der Waals surface area (Å²) in [6.07, 6.45) is 1.78. The van der Waals surface area contributed by atoms with Gasteiger partial charge in [-0.3, -0.25) is 0 Å². The van der Waals surface area contributed by atoms with Crippen molar-refractivity contribution in [3.05, 3.63) is 11.9 Å². The van der Waals surface area contributed by atoms with Crippen LogP contribution in [0.25, 0.3) is 0 Å². The number of hydrogen-bond acceptors (Lipinski definition) is 4. The fourth-order valence-electron chi connectivity index (χ4n) is 1.65. The Balaban J connectivity index is 2.12. The summed E-state index contributed by atoms with van der Waals surface area (Å²) >= 11 is 0. The van der Waals surface area contributed by atoms with Gasteiger partial charge in [0.05, 0.1) is 11.8 Å². The van der Waals surface area contributed by atoms with Crippen molar-refractivity contribution >= 4 is 0 Å². The molecule has 1 N–H and O–H groups in total. The highest BCUT2D eigenvalue weighted by Crippen LogP contribution is 2.24. The minimum absolute atomic E-state index is 0.0208. The summed E-state index contributed by atoms with van der Waals surface area (Å²) in [5.74, 6) is 0. The van der Waals surface area contributed by atoms with Crippen molar-refractivity contribution in [3.63, 3.8) is 0 Å². The highest BCUT2D eigenvalue weighted by atomic mass is 16.5. The molecule has 14 heavy (non-hydrogen) atoms. The zero-order valence-electron chi connectivity index (χ0n) is 8.82. The van der Waals surface area contributed by atoms with Crippen molar-refractivity contribution < 1.29 is 4.74 Å². The molecule has 0 saturated carbocycles. The van der Waals surface area contributed by atoms with Gasteiger partial charge in [0.15, 0.2) is 0 Å². The molecule has 0 aromatic carbocycles. The van der Waals surface area contributed by atoms with Crippen LogP contribution >= 0.6 is 0 Å². The number of morpholine rings is 1. The van der Waals surface area contributed by atoms with Gasteiger partial charge in [-0.2, -0.15) is 15.0 Å². The van der Waals surface area contributed by atoms with Crippen LogP contribution in [0.5, 0.6) is 0 Å². The molecule has 0 bridgehead atoms. The first-order valence-electron chi connectivity index (χ1n) is 4.82. The van der Waals surface area contributed by atoms with Gasteiger partial charge in [0.2, 0.25) is 0 Å². The number of aryl methyl sites for hydroxylation is 1. The van der Waals surface area contributed by atoms with E-state index in [0.717, 1.165) is 18.8 Å². The summed E-state index contributed by atoms with van der Waals surface area (Å²) in [4.78, 5) is 1.56. The molecule has 1 atom stereocenters. The molecule has 78 valence electrons. The van der Waals surface area contributed by atoms with Crippen molar-refractivity contribution in [3.8, 4) is 0 Å². The Kier molecular flexibility index (Phi) is 2.28. The Bertz CT molecular complexity index is 320. The van der Waals surface area contributed by atoms with Gasteiger partial charge in [-0.1, -0.05) is 0 Å². The van der Waals surface area contributed by atoms with Crippen LogP contribution in [-0.2, 0) is 11.8 Å². The number of aromatic nitrogens is 3. The molecule has 0 aliphatic carbocycles. The Morgan fingerprint density at radius 2 is 2.43 bits per heavy atom. The molecule has 1 aromatic heterocycles. The molecule has 1 aromatic rings. The maximum Gasteiger partial charge on any atom is 0.116 e. The Labute approximate surface area is 83.4 Å². The quantitative estimate of drug-likeness (QED) is 0.699. The van der Waals surface area contributed by atoms with Gasteiger partial charge in [0.1, 0.15) is 11.8 Å². The third kappa shape index (κ3) is 1.93. The Hall–Kier alpha value is -0.940. The molecule has 1 unspecified atom stereocenters. The lowest BCUT2D eigenvalue weighted by Crippen LogP contribution is -2.47. The average molecular weight is 196 g/mol. The van der Waals surface area contributed by atoms with Crippen molar-refractivity contribution in [1.29, 1.82) is 0 Å². The summed E-state index contributed by atoms with van der Waals surface area (Å²) in [5.41, 5.74) is 0.772. The third-order valence-electron chi connectivity index (χ3n) is 2.29. The van der Waals surface area contributed by atoms with Gasteiger partial charge >= 0.3 is 0 Å². The van der Waals surface area contributed by atoms with E-state index in [9.17, 15) is 0 Å². The van der Waals surface area contributed by atoms with E-state index in [1.807, 2.05) is 7.05 Å². The lowest BCUT2D eigenvalue weighted by molar-refractivity contribution is -0.0976. The smallest absolute Gasteiger partial charge is 0.116 e. The summed E-state index contributed by atoms with van der Waals surface area (Å²) in [5, 5.41) is 11.6. The Morgan fingerprint density at radius 1 is 1.64 bits per heavy atom. The molecule has 0 spiro atoms. The predicted molar refractivity (Wildman–Crippen MR) is 51.8 cm³/mol. The lowest BCUT2D eigenvalue weighted by Gasteiger charge is -2.35. The van der Waals surface area contributed by atoms with Gasteiger partial charge < -0.3 is 10.1 Å². The van der Waals surface area contributed by atoms with E-state index in [1.165, 1.54) is 0 Å². The van der Waals surface area contributed by atoms with Crippen LogP contribution < -0.4 is 5.32 Å². The third-order valence-corrected chi connectivity index (χ3v) is 2.29. The molecule has 5 nitrogen and oxygen atoms in total. The van der Waals surface area contributed by atoms with Gasteiger partial charge in [0, 0.05) is 20.1 Å². The predicted octanol–water partition coefficient (Wildman–Crippen LogP) is 0.255. The first-order chi connectivity index (χ1) is 6.57. The molecule has 0 amide bonds. The van der Waals surface area contributed by atoms with E-state index in [0.29, 0.717) is 0 Å². The normalized spacial score (nSPS) is 26.4. The molecule has 0 radical (unpaired) electrons. The van der Waals surface area contributed by atoms with Crippen LogP contribution in [0.4, 0.5) is 0 Å². The van der Waals surface area contributed by atoms with Crippen LogP contribution in [0, 0.1) is 0 Å². The lowest BCUT2D eigenvalue weighted by atomic mass is 10.1. The summed E-state index contributed by atoms with van der Waals surface area (Å²) in [7, 11) is 1.81. The zero-order valence-corrected chi connectivity index (χ0v) is 8.82. The zero-order chi connectivity index (χ0) is 10.2. The van der Waals surface area contributed by atoms with Crippen LogP contribution in [0.3, 0.4) is 0 Å². The van der Waals surface area contributed by atoms with Crippen LogP contribution in [-0.4, -0.2) is 33.7 Å². The number of ether oxygens (including phenoxy) is 1. The maximum absolute atomic E-state index is 5.89. The van der Waals surface area contributed by atoms with Crippen LogP contribution in [0.2, 0.25) is 0 Å². The topological polar surface area (TPSA) is 52.0 Å². The molecular weight excluding hydrogens is 180 g/mol. The van der Waals surface area contributed by atoms with Gasteiger partial charge in [0.25, 0.3) is 0 Å². The van der Waals surface area contributed by atoms with E-state index < -0.39 is 0 Å². The van der Waals surface area contributed by atoms with Crippen LogP contribution in [0.1, 0.15) is 25.6 Å². The highest BCUT2D eigenvalue weighted by Gasteiger charge is 2.30. The van der Waals surface area contributed by atoms with E-state index in [2.05, 4.69) is 29.4 Å². The summed E-state index contributed by atoms with van der Waals surface area (Å²) in [6, 6.07) is 0. The minimum atomic E-state index is -0.125. The largest absolute Gasteiger partial charge is 0.363 e.